The molecule has 0 aliphatic carbocycles. The second kappa shape index (κ2) is 8.84. The van der Waals surface area contributed by atoms with Gasteiger partial charge in [-0.15, -0.1) is 0 Å². The molecule has 0 aliphatic heterocycles. The van der Waals surface area contributed by atoms with Gasteiger partial charge in [-0.25, -0.2) is 0 Å². The van der Waals surface area contributed by atoms with E-state index in [4.69, 9.17) is 7.58 Å². The van der Waals surface area contributed by atoms with E-state index in [1.165, 1.54) is 22.3 Å². The number of para-hydroxylation sites is 2. The van der Waals surface area contributed by atoms with Crippen molar-refractivity contribution in [2.24, 2.45) is 0 Å². The predicted octanol–water partition coefficient (Wildman–Crippen LogP) is 7.60. The fraction of sp³-hybridized carbons (Fsp3) is 0.571. The second-order valence-corrected chi connectivity index (χ2v) is 13.6. The average molecular weight is 439 g/mol. The molecule has 0 heterocycles. The first-order valence-electron chi connectivity index (χ1n) is 11.5. The van der Waals surface area contributed by atoms with Gasteiger partial charge in [-0.2, -0.15) is 0 Å². The highest BCUT2D eigenvalue weighted by molar-refractivity contribution is 6.21. The molecule has 0 bridgehead atoms. The van der Waals surface area contributed by atoms with Crippen LogP contribution in [0.4, 0.5) is 0 Å². The van der Waals surface area contributed by atoms with Crippen LogP contribution in [0.1, 0.15) is 105 Å². The summed E-state index contributed by atoms with van der Waals surface area (Å²) in [5.41, 5.74) is 5.01. The summed E-state index contributed by atoms with van der Waals surface area (Å²) in [4.78, 5) is 0. The van der Waals surface area contributed by atoms with Crippen molar-refractivity contribution in [3.05, 3.63) is 58.7 Å². The molecule has 2 rings (SSSR count). The minimum atomic E-state index is -1.30. The lowest BCUT2D eigenvalue weighted by molar-refractivity contribution is 0.414. The molecule has 0 N–H and O–H groups in total. The van der Waals surface area contributed by atoms with Gasteiger partial charge in [0.25, 0.3) is 0 Å². The van der Waals surface area contributed by atoms with Crippen LogP contribution < -0.4 is 7.58 Å². The molecule has 2 aromatic rings. The standard InChI is InChI=1S/2C14H22O.Al.H/c2*1-13(2,3)10-8-7-9-11(12(10)15)14(4,5)6;;/h2*7-9,15H,1-6H3;;/q;;+2;/p-2. The number of rotatable bonds is 4. The Morgan fingerprint density at radius 1 is 0.452 bits per heavy atom. The van der Waals surface area contributed by atoms with Gasteiger partial charge < -0.3 is 7.58 Å². The van der Waals surface area contributed by atoms with Crippen LogP contribution in [0.15, 0.2) is 36.4 Å². The van der Waals surface area contributed by atoms with E-state index < -0.39 is 15.9 Å². The van der Waals surface area contributed by atoms with Gasteiger partial charge in [-0.1, -0.05) is 119 Å². The third kappa shape index (κ3) is 6.30. The first kappa shape index (κ1) is 25.8. The summed E-state index contributed by atoms with van der Waals surface area (Å²) >= 11 is -1.30. The van der Waals surface area contributed by atoms with Crippen molar-refractivity contribution in [2.75, 3.05) is 0 Å². The normalized spacial score (nSPS) is 13.2. The van der Waals surface area contributed by atoms with Gasteiger partial charge in [0.1, 0.15) is 0 Å². The lowest BCUT2D eigenvalue weighted by Crippen LogP contribution is -2.25. The van der Waals surface area contributed by atoms with Crippen molar-refractivity contribution >= 4 is 15.9 Å². The van der Waals surface area contributed by atoms with E-state index in [2.05, 4.69) is 119 Å². The summed E-state index contributed by atoms with van der Waals surface area (Å²) in [6, 6.07) is 13.1. The number of benzene rings is 2. The zero-order chi connectivity index (χ0) is 23.8. The van der Waals surface area contributed by atoms with Crippen molar-refractivity contribution in [2.45, 2.75) is 105 Å². The quantitative estimate of drug-likeness (QED) is 0.458. The van der Waals surface area contributed by atoms with E-state index in [1.54, 1.807) is 0 Å². The van der Waals surface area contributed by atoms with Crippen LogP contribution in [0.25, 0.3) is 0 Å². The fourth-order valence-corrected chi connectivity index (χ4v) is 4.81. The maximum Gasteiger partial charge on any atom is 0.832 e. The smallest absolute Gasteiger partial charge is 0.614 e. The molecular formula is C28H43AlO2. The molecule has 0 aliphatic rings. The van der Waals surface area contributed by atoms with Gasteiger partial charge in [0.2, 0.25) is 0 Å². The largest absolute Gasteiger partial charge is 0.832 e. The molecule has 0 atom stereocenters. The Bertz CT molecular complexity index is 761. The molecular weight excluding hydrogens is 395 g/mol. The molecule has 0 fully saturated rings. The van der Waals surface area contributed by atoms with Crippen molar-refractivity contribution in [3.8, 4) is 11.5 Å². The molecule has 0 spiro atoms. The molecule has 170 valence electrons. The first-order chi connectivity index (χ1) is 13.9. The van der Waals surface area contributed by atoms with E-state index in [9.17, 15) is 0 Å². The summed E-state index contributed by atoms with van der Waals surface area (Å²) in [7, 11) is 0. The van der Waals surface area contributed by atoms with Gasteiger partial charge >= 0.3 is 15.9 Å². The molecule has 0 unspecified atom stereocenters. The highest BCUT2D eigenvalue weighted by Gasteiger charge is 2.29. The Labute approximate surface area is 198 Å². The van der Waals surface area contributed by atoms with Crippen molar-refractivity contribution < 1.29 is 7.58 Å². The fourth-order valence-electron chi connectivity index (χ4n) is 3.89. The maximum absolute atomic E-state index is 6.58. The van der Waals surface area contributed by atoms with E-state index in [0.717, 1.165) is 11.5 Å². The Balaban J connectivity index is 2.47. The van der Waals surface area contributed by atoms with E-state index in [1.807, 2.05) is 0 Å². The van der Waals surface area contributed by atoms with Crippen molar-refractivity contribution in [1.29, 1.82) is 0 Å². The molecule has 31 heavy (non-hydrogen) atoms. The minimum Gasteiger partial charge on any atom is -0.614 e. The topological polar surface area (TPSA) is 18.5 Å². The number of hydrogen-bond donors (Lipinski definition) is 0. The zero-order valence-corrected chi connectivity index (χ0v) is 23.4. The van der Waals surface area contributed by atoms with Gasteiger partial charge in [0.05, 0.1) is 11.5 Å². The SMILES string of the molecule is CC(C)(C)c1cccc(C(C)(C)C)c1[O][AlH][O]c1c(C(C)(C)C)cccc1C(C)(C)C. The van der Waals surface area contributed by atoms with Crippen LogP contribution in [0.3, 0.4) is 0 Å². The molecule has 2 aromatic carbocycles. The minimum absolute atomic E-state index is 0.00484. The first-order valence-corrected chi connectivity index (χ1v) is 12.6. The van der Waals surface area contributed by atoms with Crippen LogP contribution in [-0.4, -0.2) is 15.9 Å². The van der Waals surface area contributed by atoms with Crippen molar-refractivity contribution in [3.63, 3.8) is 0 Å². The van der Waals surface area contributed by atoms with Crippen LogP contribution in [0.5, 0.6) is 11.5 Å². The molecule has 3 heteroatoms. The lowest BCUT2D eigenvalue weighted by atomic mass is 9.79. The van der Waals surface area contributed by atoms with Gasteiger partial charge in [-0.05, 0) is 43.9 Å². The summed E-state index contributed by atoms with van der Waals surface area (Å²) in [5.74, 6) is 2.03. The predicted molar refractivity (Wildman–Crippen MR) is 136 cm³/mol. The van der Waals surface area contributed by atoms with Crippen LogP contribution >= 0.6 is 0 Å². The third-order valence-corrected chi connectivity index (χ3v) is 6.48. The van der Waals surface area contributed by atoms with E-state index in [-0.39, 0.29) is 21.7 Å². The zero-order valence-electron chi connectivity index (χ0n) is 22.0. The summed E-state index contributed by atoms with van der Waals surface area (Å²) in [6.45, 7) is 27.0. The molecule has 2 nitrogen and oxygen atoms in total. The maximum atomic E-state index is 6.58. The molecule has 0 amide bonds. The lowest BCUT2D eigenvalue weighted by Gasteiger charge is -2.32. The Kier molecular flexibility index (Phi) is 7.37. The molecule has 0 saturated carbocycles. The Morgan fingerprint density at radius 2 is 0.677 bits per heavy atom. The van der Waals surface area contributed by atoms with E-state index >= 15 is 0 Å². The van der Waals surface area contributed by atoms with E-state index in [0.29, 0.717) is 0 Å². The third-order valence-electron chi connectivity index (χ3n) is 5.67. The highest BCUT2D eigenvalue weighted by atomic mass is 27.2. The average Bonchev–Trinajstić information content (AvgIpc) is 2.58. The van der Waals surface area contributed by atoms with Crippen LogP contribution in [-0.2, 0) is 21.7 Å². The Morgan fingerprint density at radius 3 is 0.871 bits per heavy atom. The summed E-state index contributed by atoms with van der Waals surface area (Å²) in [5, 5.41) is 0. The molecule has 0 aromatic heterocycles. The molecule has 0 radical (unpaired) electrons. The number of hydrogen-bond acceptors (Lipinski definition) is 2. The van der Waals surface area contributed by atoms with Gasteiger partial charge in [-0.3, -0.25) is 0 Å². The summed E-state index contributed by atoms with van der Waals surface area (Å²) < 4.78 is 13.2. The Hall–Kier alpha value is -1.43. The van der Waals surface area contributed by atoms with Crippen LogP contribution in [0.2, 0.25) is 0 Å². The monoisotopic (exact) mass is 438 g/mol. The second-order valence-electron chi connectivity index (χ2n) is 12.8. The van der Waals surface area contributed by atoms with Crippen LogP contribution in [0, 0.1) is 0 Å². The molecule has 0 saturated heterocycles. The van der Waals surface area contributed by atoms with Crippen molar-refractivity contribution in [1.82, 2.24) is 0 Å². The van der Waals surface area contributed by atoms with Gasteiger partial charge in [0, 0.05) is 0 Å². The highest BCUT2D eigenvalue weighted by Crippen LogP contribution is 2.41. The van der Waals surface area contributed by atoms with Gasteiger partial charge in [0.15, 0.2) is 0 Å². The summed E-state index contributed by atoms with van der Waals surface area (Å²) in [6.07, 6.45) is 0.